The van der Waals surface area contributed by atoms with E-state index in [0.717, 1.165) is 24.2 Å². The zero-order chi connectivity index (χ0) is 20.8. The summed E-state index contributed by atoms with van der Waals surface area (Å²) in [4.78, 5) is 9.55. The Morgan fingerprint density at radius 3 is 1.90 bits per heavy atom. The van der Waals surface area contributed by atoms with Crippen molar-refractivity contribution < 1.29 is 0 Å². The number of rotatable bonds is 3. The Hall–Kier alpha value is -3.78. The molecule has 2 heterocycles. The van der Waals surface area contributed by atoms with Crippen molar-refractivity contribution in [1.82, 2.24) is 9.97 Å². The summed E-state index contributed by atoms with van der Waals surface area (Å²) in [5, 5.41) is 2.47. The maximum absolute atomic E-state index is 4.78. The lowest BCUT2D eigenvalue weighted by molar-refractivity contribution is 1.08. The van der Waals surface area contributed by atoms with Gasteiger partial charge in [0.1, 0.15) is 0 Å². The molecular weight excluding hydrogens is 376 g/mol. The van der Waals surface area contributed by atoms with Gasteiger partial charge in [0.25, 0.3) is 0 Å². The lowest BCUT2D eigenvalue weighted by Crippen LogP contribution is -1.97. The van der Waals surface area contributed by atoms with Crippen LogP contribution in [-0.2, 0) is 12.8 Å². The molecule has 31 heavy (non-hydrogen) atoms. The number of nitrogens with zero attached hydrogens (tertiary/aromatic N) is 2. The molecule has 2 aromatic heterocycles. The minimum absolute atomic E-state index is 0.936. The van der Waals surface area contributed by atoms with Crippen LogP contribution in [0.15, 0.2) is 91.3 Å². The van der Waals surface area contributed by atoms with Crippen molar-refractivity contribution in [2.24, 2.45) is 0 Å². The molecule has 0 radical (unpaired) electrons. The first-order chi connectivity index (χ1) is 15.4. The third-order valence-corrected chi connectivity index (χ3v) is 6.44. The fraction of sp³-hybridized carbons (Fsp3) is 0.103. The fourth-order valence-corrected chi connectivity index (χ4v) is 5.13. The van der Waals surface area contributed by atoms with Gasteiger partial charge in [-0.3, -0.25) is 9.97 Å². The predicted octanol–water partition coefficient (Wildman–Crippen LogP) is 7.10. The van der Waals surface area contributed by atoms with E-state index in [1.165, 1.54) is 49.7 Å². The van der Waals surface area contributed by atoms with E-state index in [1.807, 2.05) is 24.5 Å². The molecule has 6 rings (SSSR count). The highest BCUT2D eigenvalue weighted by molar-refractivity contribution is 6.13. The van der Waals surface area contributed by atoms with Crippen molar-refractivity contribution >= 4 is 10.8 Å². The molecule has 0 spiro atoms. The Morgan fingerprint density at radius 1 is 0.613 bits per heavy atom. The van der Waals surface area contributed by atoms with E-state index in [-0.39, 0.29) is 0 Å². The highest BCUT2D eigenvalue weighted by Gasteiger charge is 2.30. The summed E-state index contributed by atoms with van der Waals surface area (Å²) in [6, 6.07) is 27.9. The zero-order valence-corrected chi connectivity index (χ0v) is 17.5. The average molecular weight is 399 g/mol. The van der Waals surface area contributed by atoms with Gasteiger partial charge in [-0.15, -0.1) is 0 Å². The minimum Gasteiger partial charge on any atom is -0.256 e. The molecule has 0 atom stereocenters. The average Bonchev–Trinajstić information content (AvgIpc) is 3.22. The summed E-state index contributed by atoms with van der Waals surface area (Å²) >= 11 is 0. The Bertz CT molecular complexity index is 1420. The van der Waals surface area contributed by atoms with Gasteiger partial charge in [0.15, 0.2) is 0 Å². The first-order valence-corrected chi connectivity index (χ1v) is 10.9. The number of hydrogen-bond donors (Lipinski definition) is 0. The first kappa shape index (κ1) is 18.0. The molecule has 148 valence electrons. The van der Waals surface area contributed by atoms with Crippen LogP contribution in [0.5, 0.6) is 0 Å². The summed E-state index contributed by atoms with van der Waals surface area (Å²) in [7, 11) is 0. The third kappa shape index (κ3) is 2.72. The lowest BCUT2D eigenvalue weighted by atomic mass is 9.86. The Balaban J connectivity index is 1.82. The molecule has 0 fully saturated rings. The van der Waals surface area contributed by atoms with Crippen LogP contribution in [0.2, 0.25) is 0 Å². The van der Waals surface area contributed by atoms with Crippen molar-refractivity contribution in [2.75, 3.05) is 0 Å². The second-order valence-electron chi connectivity index (χ2n) is 8.05. The maximum Gasteiger partial charge on any atom is 0.0714 e. The largest absolute Gasteiger partial charge is 0.256 e. The van der Waals surface area contributed by atoms with Crippen molar-refractivity contribution in [3.05, 3.63) is 108 Å². The van der Waals surface area contributed by atoms with E-state index in [1.54, 1.807) is 0 Å². The molecule has 1 aliphatic rings. The van der Waals surface area contributed by atoms with Gasteiger partial charge >= 0.3 is 0 Å². The van der Waals surface area contributed by atoms with E-state index >= 15 is 0 Å². The fourth-order valence-electron chi connectivity index (χ4n) is 5.13. The van der Waals surface area contributed by atoms with Crippen LogP contribution in [0.3, 0.4) is 0 Å². The molecular formula is C29H22N2. The van der Waals surface area contributed by atoms with Crippen molar-refractivity contribution in [2.45, 2.75) is 19.8 Å². The second kappa shape index (κ2) is 7.17. The highest BCUT2D eigenvalue weighted by atomic mass is 14.7. The lowest BCUT2D eigenvalue weighted by Gasteiger charge is -2.18. The van der Waals surface area contributed by atoms with E-state index in [2.05, 4.69) is 73.7 Å². The number of benzene rings is 3. The molecule has 2 heteroatoms. The topological polar surface area (TPSA) is 25.8 Å². The van der Waals surface area contributed by atoms with Crippen LogP contribution in [-0.4, -0.2) is 9.97 Å². The van der Waals surface area contributed by atoms with Crippen LogP contribution < -0.4 is 0 Å². The van der Waals surface area contributed by atoms with Gasteiger partial charge in [-0.1, -0.05) is 61.5 Å². The first-order valence-electron chi connectivity index (χ1n) is 10.9. The number of pyridine rings is 2. The van der Waals surface area contributed by atoms with Crippen LogP contribution >= 0.6 is 0 Å². The smallest absolute Gasteiger partial charge is 0.0714 e. The quantitative estimate of drug-likeness (QED) is 0.318. The van der Waals surface area contributed by atoms with Gasteiger partial charge in [0.05, 0.1) is 11.4 Å². The summed E-state index contributed by atoms with van der Waals surface area (Å²) in [5.41, 5.74) is 11.5. The molecule has 0 N–H and O–H groups in total. The predicted molar refractivity (Wildman–Crippen MR) is 128 cm³/mol. The van der Waals surface area contributed by atoms with E-state index < -0.39 is 0 Å². The van der Waals surface area contributed by atoms with Gasteiger partial charge in [0, 0.05) is 23.5 Å². The molecule has 0 unspecified atom stereocenters. The highest BCUT2D eigenvalue weighted by Crippen LogP contribution is 2.51. The number of hydrogen-bond acceptors (Lipinski definition) is 2. The molecule has 1 aliphatic carbocycles. The molecule has 0 saturated heterocycles. The van der Waals surface area contributed by atoms with Gasteiger partial charge in [0.2, 0.25) is 0 Å². The van der Waals surface area contributed by atoms with E-state index in [0.29, 0.717) is 0 Å². The van der Waals surface area contributed by atoms with E-state index in [9.17, 15) is 0 Å². The number of aryl methyl sites for hydroxylation is 1. The normalized spacial score (nSPS) is 12.0. The number of aromatic nitrogens is 2. The van der Waals surface area contributed by atoms with E-state index in [4.69, 9.17) is 9.97 Å². The van der Waals surface area contributed by atoms with Crippen LogP contribution in [0.25, 0.3) is 44.4 Å². The standard InChI is InChI=1S/C29H22N2/c1-2-19-10-9-13-22-23(19)18-24-27(25-14-5-7-16-30-25)20-11-3-4-12-21(20)29(28(22)24)26-15-6-8-17-31-26/h3-17H,2,18H2,1H3. The van der Waals surface area contributed by atoms with Crippen molar-refractivity contribution in [1.29, 1.82) is 0 Å². The monoisotopic (exact) mass is 398 g/mol. The van der Waals surface area contributed by atoms with Gasteiger partial charge in [-0.2, -0.15) is 0 Å². The molecule has 0 bridgehead atoms. The molecule has 0 aliphatic heterocycles. The Morgan fingerprint density at radius 2 is 1.26 bits per heavy atom. The molecule has 3 aromatic carbocycles. The molecule has 0 amide bonds. The van der Waals surface area contributed by atoms with Crippen LogP contribution in [0.1, 0.15) is 23.6 Å². The maximum atomic E-state index is 4.78. The van der Waals surface area contributed by atoms with Crippen LogP contribution in [0, 0.1) is 0 Å². The van der Waals surface area contributed by atoms with Gasteiger partial charge < -0.3 is 0 Å². The zero-order valence-electron chi connectivity index (χ0n) is 17.5. The SMILES string of the molecule is CCc1cccc2c1Cc1c-2c(-c2ccccn2)c2ccccc2c1-c1ccccn1. The molecule has 2 nitrogen and oxygen atoms in total. The van der Waals surface area contributed by atoms with Gasteiger partial charge in [-0.05, 0) is 75.7 Å². The summed E-state index contributed by atoms with van der Waals surface area (Å²) in [6.45, 7) is 2.24. The van der Waals surface area contributed by atoms with Crippen molar-refractivity contribution in [3.8, 4) is 33.6 Å². The molecule has 0 saturated carbocycles. The van der Waals surface area contributed by atoms with Gasteiger partial charge in [-0.25, -0.2) is 0 Å². The molecule has 5 aromatic rings. The van der Waals surface area contributed by atoms with Crippen molar-refractivity contribution in [3.63, 3.8) is 0 Å². The Kier molecular flexibility index (Phi) is 4.17. The Labute approximate surface area is 182 Å². The second-order valence-corrected chi connectivity index (χ2v) is 8.05. The van der Waals surface area contributed by atoms with Crippen LogP contribution in [0.4, 0.5) is 0 Å². The third-order valence-electron chi connectivity index (χ3n) is 6.44. The summed E-state index contributed by atoms with van der Waals surface area (Å²) < 4.78 is 0. The summed E-state index contributed by atoms with van der Waals surface area (Å²) in [5.74, 6) is 0. The minimum atomic E-state index is 0.936. The number of fused-ring (bicyclic) bond motifs is 4. The summed E-state index contributed by atoms with van der Waals surface area (Å²) in [6.07, 6.45) is 5.75.